The highest BCUT2D eigenvalue weighted by molar-refractivity contribution is 5.28. The number of nitrogens with zero attached hydrogens (tertiary/aromatic N) is 3. The molecule has 1 aromatic rings. The second-order valence-electron chi connectivity index (χ2n) is 9.31. The minimum absolute atomic E-state index is 0.0171. The second-order valence-corrected chi connectivity index (χ2v) is 9.31. The Morgan fingerprint density at radius 1 is 1.21 bits per heavy atom. The van der Waals surface area contributed by atoms with Crippen molar-refractivity contribution in [1.82, 2.24) is 15.0 Å². The van der Waals surface area contributed by atoms with E-state index in [4.69, 9.17) is 9.51 Å². The van der Waals surface area contributed by atoms with E-state index >= 15 is 0 Å². The van der Waals surface area contributed by atoms with Crippen molar-refractivity contribution in [1.29, 1.82) is 0 Å². The van der Waals surface area contributed by atoms with Crippen molar-refractivity contribution >= 4 is 0 Å². The van der Waals surface area contributed by atoms with Crippen LogP contribution in [0.1, 0.15) is 64.6 Å². The first-order chi connectivity index (χ1) is 11.3. The monoisotopic (exact) mass is 333 g/mol. The van der Waals surface area contributed by atoms with Crippen molar-refractivity contribution in [3.05, 3.63) is 11.7 Å². The average molecular weight is 333 g/mol. The molecular formula is C19H31N3O2. The summed E-state index contributed by atoms with van der Waals surface area (Å²) >= 11 is 0. The highest BCUT2D eigenvalue weighted by Gasteiger charge is 2.71. The third-order valence-corrected chi connectivity index (χ3v) is 8.16. The molecule has 3 atom stereocenters. The van der Waals surface area contributed by atoms with Crippen LogP contribution in [0.5, 0.6) is 0 Å². The quantitative estimate of drug-likeness (QED) is 0.921. The molecule has 1 N–H and O–H groups in total. The summed E-state index contributed by atoms with van der Waals surface area (Å²) in [6.45, 7) is 9.10. The molecule has 4 rings (SSSR count). The number of aromatic nitrogens is 2. The topological polar surface area (TPSA) is 62.4 Å². The minimum Gasteiger partial charge on any atom is -0.393 e. The van der Waals surface area contributed by atoms with Gasteiger partial charge in [0.1, 0.15) is 0 Å². The zero-order valence-corrected chi connectivity index (χ0v) is 15.5. The summed E-state index contributed by atoms with van der Waals surface area (Å²) in [6, 6.07) is 0. The molecule has 3 fully saturated rings. The van der Waals surface area contributed by atoms with Crippen LogP contribution in [0.2, 0.25) is 0 Å². The van der Waals surface area contributed by atoms with Gasteiger partial charge in [0.15, 0.2) is 5.82 Å². The number of hydrogen-bond acceptors (Lipinski definition) is 5. The predicted molar refractivity (Wildman–Crippen MR) is 91.6 cm³/mol. The molecule has 134 valence electrons. The molecule has 1 aromatic heterocycles. The van der Waals surface area contributed by atoms with Gasteiger partial charge in [-0.15, -0.1) is 0 Å². The lowest BCUT2D eigenvalue weighted by atomic mass is 9.65. The predicted octanol–water partition coefficient (Wildman–Crippen LogP) is 2.78. The Hall–Kier alpha value is -0.940. The lowest BCUT2D eigenvalue weighted by Gasteiger charge is -2.39. The maximum absolute atomic E-state index is 10.6. The number of fused-ring (bicyclic) bond motifs is 2. The van der Waals surface area contributed by atoms with Crippen LogP contribution in [0.25, 0.3) is 0 Å². The zero-order chi connectivity index (χ0) is 17.2. The van der Waals surface area contributed by atoms with Gasteiger partial charge in [-0.05, 0) is 69.0 Å². The van der Waals surface area contributed by atoms with Gasteiger partial charge < -0.3 is 14.5 Å². The van der Waals surface area contributed by atoms with E-state index in [0.717, 1.165) is 50.5 Å². The normalized spacial score (nSPS) is 39.6. The number of rotatable bonds is 3. The van der Waals surface area contributed by atoms with Crippen LogP contribution in [-0.4, -0.2) is 46.4 Å². The van der Waals surface area contributed by atoms with Crippen LogP contribution in [0.15, 0.2) is 4.52 Å². The molecule has 5 nitrogen and oxygen atoms in total. The maximum atomic E-state index is 10.6. The fourth-order valence-electron chi connectivity index (χ4n) is 5.66. The fraction of sp³-hybridized carbons (Fsp3) is 0.895. The first-order valence-electron chi connectivity index (χ1n) is 9.48. The van der Waals surface area contributed by atoms with E-state index in [0.29, 0.717) is 5.92 Å². The van der Waals surface area contributed by atoms with E-state index in [1.54, 1.807) is 0 Å². The van der Waals surface area contributed by atoms with Gasteiger partial charge in [0.2, 0.25) is 5.89 Å². The van der Waals surface area contributed by atoms with Crippen LogP contribution in [-0.2, 0) is 11.8 Å². The third-order valence-electron chi connectivity index (χ3n) is 8.16. The van der Waals surface area contributed by atoms with Crippen molar-refractivity contribution in [3.63, 3.8) is 0 Å². The molecule has 0 aromatic carbocycles. The third kappa shape index (κ3) is 2.07. The molecule has 2 aliphatic carbocycles. The van der Waals surface area contributed by atoms with E-state index in [1.165, 1.54) is 12.8 Å². The summed E-state index contributed by atoms with van der Waals surface area (Å²) in [5.74, 6) is 2.30. The van der Waals surface area contributed by atoms with Crippen LogP contribution in [0, 0.1) is 16.7 Å². The summed E-state index contributed by atoms with van der Waals surface area (Å²) in [5.41, 5.74) is -0.217. The van der Waals surface area contributed by atoms with E-state index < -0.39 is 0 Å². The lowest BCUT2D eigenvalue weighted by molar-refractivity contribution is 0.0121. The number of aliphatic hydroxyl groups is 1. The molecule has 2 saturated carbocycles. The highest BCUT2D eigenvalue weighted by Crippen LogP contribution is 2.72. The van der Waals surface area contributed by atoms with Crippen LogP contribution < -0.4 is 0 Å². The van der Waals surface area contributed by atoms with Gasteiger partial charge in [0, 0.05) is 6.42 Å². The molecule has 2 heterocycles. The second kappa shape index (κ2) is 5.28. The summed E-state index contributed by atoms with van der Waals surface area (Å²) in [6.07, 6.45) is 5.92. The van der Waals surface area contributed by atoms with Gasteiger partial charge in [-0.2, -0.15) is 4.98 Å². The van der Waals surface area contributed by atoms with Gasteiger partial charge in [-0.1, -0.05) is 25.9 Å². The van der Waals surface area contributed by atoms with Crippen molar-refractivity contribution in [3.8, 4) is 0 Å². The molecule has 0 radical (unpaired) electrons. The molecular weight excluding hydrogens is 302 g/mol. The molecule has 0 spiro atoms. The SMILES string of the molecule is CN1CCC(Cc2noc([C@]34CC[C@](C)([C@@H](O)C3)C4(C)C)n2)CC1. The number of hydrogen-bond donors (Lipinski definition) is 1. The van der Waals surface area contributed by atoms with Gasteiger partial charge in [-0.3, -0.25) is 0 Å². The number of likely N-dealkylation sites (tertiary alicyclic amines) is 1. The molecule has 1 aliphatic heterocycles. The molecule has 0 unspecified atom stereocenters. The molecule has 0 amide bonds. The largest absolute Gasteiger partial charge is 0.393 e. The first kappa shape index (κ1) is 16.5. The Kier molecular flexibility index (Phi) is 3.63. The van der Waals surface area contributed by atoms with E-state index in [1.807, 2.05) is 0 Å². The number of piperidine rings is 1. The van der Waals surface area contributed by atoms with E-state index in [9.17, 15) is 5.11 Å². The Bertz CT molecular complexity index is 620. The van der Waals surface area contributed by atoms with E-state index in [-0.39, 0.29) is 22.3 Å². The number of aliphatic hydroxyl groups excluding tert-OH is 1. The summed E-state index contributed by atoms with van der Waals surface area (Å²) < 4.78 is 5.78. The zero-order valence-electron chi connectivity index (χ0n) is 15.5. The molecule has 2 bridgehead atoms. The standard InChI is InChI=1S/C19H31N3O2/c1-17(2)18(3)7-8-19(17,12-14(18)23)16-20-15(21-24-16)11-13-5-9-22(4)10-6-13/h13-14,23H,5-12H2,1-4H3/t14-,18+,19-/m0/s1. The summed E-state index contributed by atoms with van der Waals surface area (Å²) in [4.78, 5) is 7.22. The van der Waals surface area contributed by atoms with Crippen molar-refractivity contribution in [2.75, 3.05) is 20.1 Å². The van der Waals surface area contributed by atoms with Crippen molar-refractivity contribution < 1.29 is 9.63 Å². The smallest absolute Gasteiger partial charge is 0.233 e. The Morgan fingerprint density at radius 3 is 2.50 bits per heavy atom. The van der Waals surface area contributed by atoms with Crippen LogP contribution >= 0.6 is 0 Å². The van der Waals surface area contributed by atoms with Gasteiger partial charge >= 0.3 is 0 Å². The van der Waals surface area contributed by atoms with Crippen LogP contribution in [0.3, 0.4) is 0 Å². The Balaban J connectivity index is 1.55. The van der Waals surface area contributed by atoms with Crippen molar-refractivity contribution in [2.45, 2.75) is 70.8 Å². The Morgan fingerprint density at radius 2 is 1.92 bits per heavy atom. The van der Waals surface area contributed by atoms with Gasteiger partial charge in [-0.25, -0.2) is 0 Å². The summed E-state index contributed by atoms with van der Waals surface area (Å²) in [7, 11) is 2.19. The highest BCUT2D eigenvalue weighted by atomic mass is 16.5. The summed E-state index contributed by atoms with van der Waals surface area (Å²) in [5, 5.41) is 15.0. The van der Waals surface area contributed by atoms with Crippen molar-refractivity contribution in [2.24, 2.45) is 16.7 Å². The van der Waals surface area contributed by atoms with Gasteiger partial charge in [0.25, 0.3) is 0 Å². The molecule has 24 heavy (non-hydrogen) atoms. The molecule has 3 aliphatic rings. The Labute approximate surface area is 144 Å². The fourth-order valence-corrected chi connectivity index (χ4v) is 5.66. The molecule has 1 saturated heterocycles. The maximum Gasteiger partial charge on any atom is 0.233 e. The van der Waals surface area contributed by atoms with Crippen LogP contribution in [0.4, 0.5) is 0 Å². The minimum atomic E-state index is -0.273. The first-order valence-corrected chi connectivity index (χ1v) is 9.48. The molecule has 5 heteroatoms. The van der Waals surface area contributed by atoms with Gasteiger partial charge in [0.05, 0.1) is 11.5 Å². The lowest BCUT2D eigenvalue weighted by Crippen LogP contribution is -2.39. The average Bonchev–Trinajstić information content (AvgIpc) is 3.11. The van der Waals surface area contributed by atoms with E-state index in [2.05, 4.69) is 37.9 Å².